The second-order valence-electron chi connectivity index (χ2n) is 6.93. The predicted octanol–water partition coefficient (Wildman–Crippen LogP) is 2.91. The molecule has 162 valence electrons. The minimum absolute atomic E-state index is 0.0363. The number of ether oxygens (including phenoxy) is 1. The number of rotatable bonds is 7. The lowest BCUT2D eigenvalue weighted by Gasteiger charge is -2.14. The van der Waals surface area contributed by atoms with Crippen LogP contribution in [0, 0.1) is 13.8 Å². The zero-order chi connectivity index (χ0) is 22.6. The van der Waals surface area contributed by atoms with Gasteiger partial charge in [0.2, 0.25) is 5.91 Å². The summed E-state index contributed by atoms with van der Waals surface area (Å²) in [7, 11) is -2.37. The van der Waals surface area contributed by atoms with Crippen LogP contribution in [0.25, 0.3) is 0 Å². The van der Waals surface area contributed by atoms with Gasteiger partial charge in [0.05, 0.1) is 12.0 Å². The van der Waals surface area contributed by atoms with E-state index in [0.29, 0.717) is 17.1 Å². The lowest BCUT2D eigenvalue weighted by molar-refractivity contribution is -0.116. The molecule has 0 aliphatic rings. The predicted molar refractivity (Wildman–Crippen MR) is 119 cm³/mol. The van der Waals surface area contributed by atoms with E-state index in [4.69, 9.17) is 4.74 Å². The number of carbonyl (C=O) groups excluding carboxylic acids is 1. The van der Waals surface area contributed by atoms with Crippen molar-refractivity contribution in [3.8, 4) is 5.75 Å². The van der Waals surface area contributed by atoms with E-state index >= 15 is 0 Å². The molecule has 0 spiro atoms. The molecular weight excluding hydrogens is 418 g/mol. The molecule has 0 aliphatic carbocycles. The van der Waals surface area contributed by atoms with Crippen molar-refractivity contribution in [2.75, 3.05) is 17.1 Å². The first kappa shape index (κ1) is 22.1. The molecule has 0 radical (unpaired) electrons. The van der Waals surface area contributed by atoms with E-state index in [1.165, 1.54) is 22.8 Å². The zero-order valence-corrected chi connectivity index (χ0v) is 18.2. The summed E-state index contributed by atoms with van der Waals surface area (Å²) in [4.78, 5) is 25.5. The maximum absolute atomic E-state index is 12.9. The highest BCUT2D eigenvalue weighted by molar-refractivity contribution is 7.92. The smallest absolute Gasteiger partial charge is 0.275 e. The van der Waals surface area contributed by atoms with Crippen LogP contribution in [0.1, 0.15) is 11.3 Å². The largest absolute Gasteiger partial charge is 0.497 e. The zero-order valence-electron chi connectivity index (χ0n) is 17.4. The summed E-state index contributed by atoms with van der Waals surface area (Å²) >= 11 is 0. The molecule has 3 aromatic rings. The van der Waals surface area contributed by atoms with Crippen molar-refractivity contribution < 1.29 is 17.9 Å². The van der Waals surface area contributed by atoms with Crippen LogP contribution in [-0.2, 0) is 21.4 Å². The molecule has 1 heterocycles. The average molecular weight is 442 g/mol. The molecule has 8 nitrogen and oxygen atoms in total. The van der Waals surface area contributed by atoms with Gasteiger partial charge in [-0.3, -0.25) is 14.3 Å². The summed E-state index contributed by atoms with van der Waals surface area (Å²) < 4.78 is 33.8. The Kier molecular flexibility index (Phi) is 6.45. The Morgan fingerprint density at radius 2 is 1.68 bits per heavy atom. The number of sulfonamides is 1. The van der Waals surface area contributed by atoms with Gasteiger partial charge in [-0.15, -0.1) is 0 Å². The van der Waals surface area contributed by atoms with E-state index < -0.39 is 21.5 Å². The molecule has 9 heteroatoms. The van der Waals surface area contributed by atoms with Gasteiger partial charge in [0.25, 0.3) is 15.6 Å². The first-order valence-electron chi connectivity index (χ1n) is 9.44. The number of carbonyl (C=O) groups is 1. The third-order valence-electron chi connectivity index (χ3n) is 4.70. The minimum atomic E-state index is -3.93. The number of hydrogen-bond donors (Lipinski definition) is 2. The number of nitrogens with zero attached hydrogens (tertiary/aromatic N) is 1. The Balaban J connectivity index is 1.82. The van der Waals surface area contributed by atoms with Gasteiger partial charge >= 0.3 is 0 Å². The summed E-state index contributed by atoms with van der Waals surface area (Å²) in [6.07, 6.45) is 0. The number of amides is 1. The molecule has 0 saturated carbocycles. The van der Waals surface area contributed by atoms with Gasteiger partial charge in [-0.2, -0.15) is 0 Å². The number of hydrogen-bond acceptors (Lipinski definition) is 5. The van der Waals surface area contributed by atoms with Gasteiger partial charge in [-0.1, -0.05) is 18.2 Å². The highest BCUT2D eigenvalue weighted by atomic mass is 32.2. The maximum atomic E-state index is 12.9. The monoisotopic (exact) mass is 441 g/mol. The Labute approximate surface area is 180 Å². The minimum Gasteiger partial charge on any atom is -0.497 e. The first-order valence-corrected chi connectivity index (χ1v) is 10.9. The fraction of sp³-hybridized carbons (Fsp3) is 0.182. The molecule has 31 heavy (non-hydrogen) atoms. The van der Waals surface area contributed by atoms with E-state index in [-0.39, 0.29) is 17.1 Å². The summed E-state index contributed by atoms with van der Waals surface area (Å²) in [5.41, 5.74) is 1.18. The van der Waals surface area contributed by atoms with Crippen LogP contribution in [0.3, 0.4) is 0 Å². The van der Waals surface area contributed by atoms with E-state index in [0.717, 1.165) is 5.56 Å². The van der Waals surface area contributed by atoms with Gasteiger partial charge < -0.3 is 14.6 Å². The van der Waals surface area contributed by atoms with Crippen molar-refractivity contribution in [2.45, 2.75) is 25.3 Å². The van der Waals surface area contributed by atoms with Crippen LogP contribution in [0.4, 0.5) is 11.4 Å². The molecule has 1 amide bonds. The highest BCUT2D eigenvalue weighted by Crippen LogP contribution is 2.21. The van der Waals surface area contributed by atoms with Crippen LogP contribution >= 0.6 is 0 Å². The molecule has 0 aliphatic heterocycles. The molecule has 2 aromatic carbocycles. The molecule has 2 N–H and O–H groups in total. The van der Waals surface area contributed by atoms with Gasteiger partial charge in [0.15, 0.2) is 0 Å². The Bertz CT molecular complexity index is 1270. The van der Waals surface area contributed by atoms with Crippen LogP contribution in [0.5, 0.6) is 5.75 Å². The van der Waals surface area contributed by atoms with Gasteiger partial charge in [-0.05, 0) is 61.9 Å². The van der Waals surface area contributed by atoms with E-state index in [9.17, 15) is 18.0 Å². The van der Waals surface area contributed by atoms with Crippen molar-refractivity contribution in [1.82, 2.24) is 4.57 Å². The van der Waals surface area contributed by atoms with Crippen LogP contribution < -0.4 is 20.3 Å². The third kappa shape index (κ3) is 5.13. The molecule has 0 unspecified atom stereocenters. The lowest BCUT2D eigenvalue weighted by atomic mass is 10.2. The summed E-state index contributed by atoms with van der Waals surface area (Å²) in [6, 6.07) is 15.9. The molecular formula is C22H23N3O5S. The number of pyridine rings is 1. The number of aryl methyl sites for hydroxylation is 2. The molecule has 0 bridgehead atoms. The van der Waals surface area contributed by atoms with Crippen molar-refractivity contribution in [3.05, 3.63) is 82.3 Å². The number of aromatic nitrogens is 1. The van der Waals surface area contributed by atoms with E-state index in [1.807, 2.05) is 6.92 Å². The fourth-order valence-electron chi connectivity index (χ4n) is 2.98. The molecule has 0 saturated heterocycles. The lowest BCUT2D eigenvalue weighted by Crippen LogP contribution is -2.31. The normalized spacial score (nSPS) is 11.1. The summed E-state index contributed by atoms with van der Waals surface area (Å²) in [5, 5.41) is 2.77. The number of methoxy groups -OCH3 is 1. The molecule has 3 rings (SSSR count). The van der Waals surface area contributed by atoms with Crippen molar-refractivity contribution >= 4 is 27.3 Å². The Morgan fingerprint density at radius 1 is 1.00 bits per heavy atom. The topological polar surface area (TPSA) is 106 Å². The summed E-state index contributed by atoms with van der Waals surface area (Å²) in [5.74, 6) is 0.252. The van der Waals surface area contributed by atoms with Gasteiger partial charge in [0.1, 0.15) is 18.0 Å². The van der Waals surface area contributed by atoms with E-state index in [2.05, 4.69) is 10.0 Å². The van der Waals surface area contributed by atoms with Crippen molar-refractivity contribution in [1.29, 1.82) is 0 Å². The molecule has 0 atom stereocenters. The second-order valence-corrected chi connectivity index (χ2v) is 8.61. The summed E-state index contributed by atoms with van der Waals surface area (Å²) in [6.45, 7) is 3.23. The first-order chi connectivity index (χ1) is 14.7. The number of benzene rings is 2. The Morgan fingerprint density at radius 3 is 2.32 bits per heavy atom. The SMILES string of the molecule is COc1ccc(NC(=O)Cn2c(C)ccc(NS(=O)(=O)c3ccccc3)c2=O)c(C)c1. The second kappa shape index (κ2) is 9.05. The molecule has 1 aromatic heterocycles. The standard InChI is InChI=1S/C22H23N3O5S/c1-15-13-17(30-3)10-12-19(15)23-21(26)14-25-16(2)9-11-20(22(25)27)24-31(28,29)18-7-5-4-6-8-18/h4-13,24H,14H2,1-3H3,(H,23,26). The van der Waals surface area contributed by atoms with Gasteiger partial charge in [-0.25, -0.2) is 8.42 Å². The van der Waals surface area contributed by atoms with Crippen LogP contribution in [0.2, 0.25) is 0 Å². The average Bonchev–Trinajstić information content (AvgIpc) is 2.75. The van der Waals surface area contributed by atoms with Crippen molar-refractivity contribution in [3.63, 3.8) is 0 Å². The highest BCUT2D eigenvalue weighted by Gasteiger charge is 2.18. The number of anilines is 2. The maximum Gasteiger partial charge on any atom is 0.275 e. The number of nitrogens with one attached hydrogen (secondary N) is 2. The third-order valence-corrected chi connectivity index (χ3v) is 6.08. The molecule has 0 fully saturated rings. The van der Waals surface area contributed by atoms with E-state index in [1.54, 1.807) is 56.5 Å². The van der Waals surface area contributed by atoms with Crippen LogP contribution in [-0.4, -0.2) is 26.0 Å². The quantitative estimate of drug-likeness (QED) is 0.586. The van der Waals surface area contributed by atoms with Crippen molar-refractivity contribution in [2.24, 2.45) is 0 Å². The fourth-order valence-corrected chi connectivity index (χ4v) is 4.06. The van der Waals surface area contributed by atoms with Crippen LogP contribution in [0.15, 0.2) is 70.4 Å². The Hall–Kier alpha value is -3.59. The van der Waals surface area contributed by atoms with Gasteiger partial charge in [0, 0.05) is 11.4 Å².